The third kappa shape index (κ3) is 3.17. The molecule has 0 fully saturated rings. The van der Waals surface area contributed by atoms with Crippen LogP contribution < -0.4 is 5.73 Å². The fourth-order valence-electron chi connectivity index (χ4n) is 0.696. The highest BCUT2D eigenvalue weighted by molar-refractivity contribution is 7.99. The fourth-order valence-corrected chi connectivity index (χ4v) is 1.72. The third-order valence-corrected chi connectivity index (χ3v) is 2.57. The van der Waals surface area contributed by atoms with E-state index >= 15 is 0 Å². The minimum Gasteiger partial charge on any atom is -0.384 e. The highest BCUT2D eigenvalue weighted by atomic mass is 32.2. The summed E-state index contributed by atoms with van der Waals surface area (Å²) in [5.41, 5.74) is 5.58. The molecule has 1 heterocycles. The molecule has 1 aromatic heterocycles. The van der Waals surface area contributed by atoms with Gasteiger partial charge in [-0.15, -0.1) is 18.2 Å². The maximum atomic E-state index is 5.58. The van der Waals surface area contributed by atoms with Crippen molar-refractivity contribution in [3.63, 3.8) is 0 Å². The number of nitrogens with two attached hydrogens (primary N) is 1. The number of hydrogen-bond donors (Lipinski definition) is 1. The van der Waals surface area contributed by atoms with Gasteiger partial charge in [0.1, 0.15) is 10.8 Å². The molecule has 0 aliphatic rings. The molecule has 0 spiro atoms. The molecule has 68 valence electrons. The van der Waals surface area contributed by atoms with Crippen molar-refractivity contribution in [2.45, 2.75) is 10.2 Å². The van der Waals surface area contributed by atoms with Crippen LogP contribution in [0.2, 0.25) is 0 Å². The molecule has 1 aromatic rings. The van der Waals surface area contributed by atoms with Crippen LogP contribution in [0.25, 0.3) is 0 Å². The Morgan fingerprint density at radius 3 is 3.00 bits per heavy atom. The first kappa shape index (κ1) is 10.2. The molecule has 0 aliphatic carbocycles. The van der Waals surface area contributed by atoms with Crippen molar-refractivity contribution in [3.05, 3.63) is 6.07 Å². The largest absolute Gasteiger partial charge is 0.384 e. The van der Waals surface area contributed by atoms with E-state index in [1.54, 1.807) is 6.07 Å². The van der Waals surface area contributed by atoms with Crippen molar-refractivity contribution in [1.82, 2.24) is 9.97 Å². The summed E-state index contributed by atoms with van der Waals surface area (Å²) in [5, 5.41) is 1.51. The van der Waals surface area contributed by atoms with Crippen LogP contribution in [-0.4, -0.2) is 22.0 Å². The number of hydrogen-bond acceptors (Lipinski definition) is 5. The Kier molecular flexibility index (Phi) is 3.93. The van der Waals surface area contributed by atoms with E-state index in [1.807, 2.05) is 6.26 Å². The first-order valence-corrected chi connectivity index (χ1v) is 5.72. The van der Waals surface area contributed by atoms with Crippen molar-refractivity contribution in [2.75, 3.05) is 17.7 Å². The molecular weight excluding hydrogens is 202 g/mol. The second-order valence-corrected chi connectivity index (χ2v) is 3.88. The maximum Gasteiger partial charge on any atom is 0.191 e. The SMILES string of the molecule is C#CCSc1nc(N)cc(SC)n1. The second kappa shape index (κ2) is 5.00. The van der Waals surface area contributed by atoms with Crippen LogP contribution in [0.15, 0.2) is 16.2 Å². The summed E-state index contributed by atoms with van der Waals surface area (Å²) in [4.78, 5) is 8.27. The standard InChI is InChI=1S/C8H9N3S2/c1-3-4-13-8-10-6(9)5-7(11-8)12-2/h1,5H,4H2,2H3,(H2,9,10,11). The van der Waals surface area contributed by atoms with Gasteiger partial charge >= 0.3 is 0 Å². The van der Waals surface area contributed by atoms with Crippen LogP contribution in [0.4, 0.5) is 5.82 Å². The van der Waals surface area contributed by atoms with E-state index in [0.29, 0.717) is 16.7 Å². The molecule has 13 heavy (non-hydrogen) atoms. The minimum absolute atomic E-state index is 0.485. The molecule has 0 aromatic carbocycles. The van der Waals surface area contributed by atoms with Gasteiger partial charge in [0.25, 0.3) is 0 Å². The molecule has 0 amide bonds. The van der Waals surface area contributed by atoms with Gasteiger partial charge in [0.15, 0.2) is 5.16 Å². The van der Waals surface area contributed by atoms with E-state index < -0.39 is 0 Å². The molecule has 3 nitrogen and oxygen atoms in total. The second-order valence-electron chi connectivity index (χ2n) is 2.11. The molecule has 0 radical (unpaired) electrons. The van der Waals surface area contributed by atoms with Gasteiger partial charge in [0, 0.05) is 6.07 Å². The summed E-state index contributed by atoms with van der Waals surface area (Å²) in [6.45, 7) is 0. The number of nitrogens with zero attached hydrogens (tertiary/aromatic N) is 2. The minimum atomic E-state index is 0.485. The van der Waals surface area contributed by atoms with E-state index in [1.165, 1.54) is 23.5 Å². The lowest BCUT2D eigenvalue weighted by atomic mass is 10.6. The maximum absolute atomic E-state index is 5.58. The average Bonchev–Trinajstić information content (AvgIpc) is 2.14. The van der Waals surface area contributed by atoms with Gasteiger partial charge in [-0.2, -0.15) is 0 Å². The molecule has 0 atom stereocenters. The van der Waals surface area contributed by atoms with Crippen molar-refractivity contribution in [1.29, 1.82) is 0 Å². The first-order chi connectivity index (χ1) is 6.26. The molecule has 0 saturated carbocycles. The quantitative estimate of drug-likeness (QED) is 0.355. The van der Waals surface area contributed by atoms with Crippen LogP contribution >= 0.6 is 23.5 Å². The third-order valence-electron chi connectivity index (χ3n) is 1.20. The normalized spacial score (nSPS) is 9.54. The molecule has 0 saturated heterocycles. The van der Waals surface area contributed by atoms with E-state index in [4.69, 9.17) is 12.2 Å². The van der Waals surface area contributed by atoms with Crippen molar-refractivity contribution >= 4 is 29.3 Å². The van der Waals surface area contributed by atoms with Crippen LogP contribution in [0.1, 0.15) is 0 Å². The van der Waals surface area contributed by atoms with Crippen LogP contribution in [0.3, 0.4) is 0 Å². The van der Waals surface area contributed by atoms with Gasteiger partial charge in [0.05, 0.1) is 5.75 Å². The topological polar surface area (TPSA) is 51.8 Å². The number of thioether (sulfide) groups is 2. The lowest BCUT2D eigenvalue weighted by Gasteiger charge is -2.00. The number of rotatable bonds is 3. The molecule has 0 aliphatic heterocycles. The van der Waals surface area contributed by atoms with E-state index in [-0.39, 0.29) is 0 Å². The summed E-state index contributed by atoms with van der Waals surface area (Å²) in [6, 6.07) is 1.74. The Hall–Kier alpha value is -0.860. The van der Waals surface area contributed by atoms with Crippen molar-refractivity contribution in [2.24, 2.45) is 0 Å². The van der Waals surface area contributed by atoms with Gasteiger partial charge in [-0.05, 0) is 6.26 Å². The van der Waals surface area contributed by atoms with Gasteiger partial charge in [-0.3, -0.25) is 0 Å². The predicted molar refractivity (Wildman–Crippen MR) is 57.8 cm³/mol. The lowest BCUT2D eigenvalue weighted by Crippen LogP contribution is -1.96. The zero-order valence-electron chi connectivity index (χ0n) is 7.15. The van der Waals surface area contributed by atoms with Crippen LogP contribution in [0, 0.1) is 12.3 Å². The Morgan fingerprint density at radius 1 is 1.62 bits per heavy atom. The molecule has 2 N–H and O–H groups in total. The zero-order chi connectivity index (χ0) is 9.68. The summed E-state index contributed by atoms with van der Waals surface area (Å²) in [6.07, 6.45) is 7.06. The van der Waals surface area contributed by atoms with Gasteiger partial charge in [0.2, 0.25) is 0 Å². The van der Waals surface area contributed by atoms with Crippen LogP contribution in [-0.2, 0) is 0 Å². The van der Waals surface area contributed by atoms with Gasteiger partial charge in [-0.1, -0.05) is 17.7 Å². The molecule has 0 unspecified atom stereocenters. The molecule has 5 heteroatoms. The number of anilines is 1. The van der Waals surface area contributed by atoms with Gasteiger partial charge < -0.3 is 5.73 Å². The lowest BCUT2D eigenvalue weighted by molar-refractivity contribution is 0.902. The zero-order valence-corrected chi connectivity index (χ0v) is 8.78. The monoisotopic (exact) mass is 211 g/mol. The molecule has 0 bridgehead atoms. The molecule has 1 rings (SSSR count). The Bertz CT molecular complexity index is 333. The highest BCUT2D eigenvalue weighted by Gasteiger charge is 2.01. The average molecular weight is 211 g/mol. The number of terminal acetylenes is 1. The predicted octanol–water partition coefficient (Wildman–Crippen LogP) is 1.51. The molecular formula is C8H9N3S2. The summed E-state index contributed by atoms with van der Waals surface area (Å²) in [5.74, 6) is 3.56. The summed E-state index contributed by atoms with van der Waals surface area (Å²) in [7, 11) is 0. The Morgan fingerprint density at radius 2 is 2.38 bits per heavy atom. The Balaban J connectivity index is 2.83. The van der Waals surface area contributed by atoms with E-state index in [0.717, 1.165) is 5.03 Å². The van der Waals surface area contributed by atoms with Crippen LogP contribution in [0.5, 0.6) is 0 Å². The highest BCUT2D eigenvalue weighted by Crippen LogP contribution is 2.19. The van der Waals surface area contributed by atoms with E-state index in [2.05, 4.69) is 15.9 Å². The number of aromatic nitrogens is 2. The smallest absolute Gasteiger partial charge is 0.191 e. The summed E-state index contributed by atoms with van der Waals surface area (Å²) >= 11 is 2.95. The Labute approximate surface area is 85.9 Å². The number of nitrogen functional groups attached to an aromatic ring is 1. The summed E-state index contributed by atoms with van der Waals surface area (Å²) < 4.78 is 0. The van der Waals surface area contributed by atoms with Crippen molar-refractivity contribution < 1.29 is 0 Å². The van der Waals surface area contributed by atoms with E-state index in [9.17, 15) is 0 Å². The first-order valence-electron chi connectivity index (χ1n) is 3.51. The van der Waals surface area contributed by atoms with Gasteiger partial charge in [-0.25, -0.2) is 9.97 Å². The fraction of sp³-hybridized carbons (Fsp3) is 0.250. The van der Waals surface area contributed by atoms with Crippen molar-refractivity contribution in [3.8, 4) is 12.3 Å².